The quantitative estimate of drug-likeness (QED) is 0.277. The number of fused-ring (bicyclic) bond motifs is 5. The summed E-state index contributed by atoms with van der Waals surface area (Å²) in [7, 11) is 1.66. The summed E-state index contributed by atoms with van der Waals surface area (Å²) in [6, 6.07) is 9.37. The van der Waals surface area contributed by atoms with Crippen LogP contribution in [0.1, 0.15) is 76.1 Å². The molecular formula is C31H45NO6. The molecule has 3 aliphatic carbocycles. The third-order valence-corrected chi connectivity index (χ3v) is 10.8. The SMILES string of the molecule is COCCOCO[C@@H]1CC[C@@]2(C)[C@H](C1)NC(=O)[C@@H]1[C@@H]2CC[C@]2(C)[C@@H]([C@@H](C)OC(=O)c3ccccc3)CC[C@@H]12. The van der Waals surface area contributed by atoms with E-state index in [1.54, 1.807) is 19.2 Å². The number of hydrogen-bond acceptors (Lipinski definition) is 6. The Morgan fingerprint density at radius 2 is 1.76 bits per heavy atom. The van der Waals surface area contributed by atoms with Gasteiger partial charge in [0.25, 0.3) is 0 Å². The maximum absolute atomic E-state index is 13.7. The molecule has 1 N–H and O–H groups in total. The lowest BCUT2D eigenvalue weighted by Gasteiger charge is -2.60. The first-order chi connectivity index (χ1) is 18.3. The van der Waals surface area contributed by atoms with Crippen LogP contribution in [-0.2, 0) is 23.7 Å². The minimum absolute atomic E-state index is 0.00204. The number of methoxy groups -OCH3 is 1. The Labute approximate surface area is 227 Å². The van der Waals surface area contributed by atoms with E-state index >= 15 is 0 Å². The Balaban J connectivity index is 1.24. The molecule has 1 heterocycles. The van der Waals surface area contributed by atoms with Crippen LogP contribution in [0.4, 0.5) is 0 Å². The fourth-order valence-corrected chi connectivity index (χ4v) is 8.68. The van der Waals surface area contributed by atoms with Crippen LogP contribution in [0.3, 0.4) is 0 Å². The highest BCUT2D eigenvalue weighted by Gasteiger charge is 2.63. The molecule has 7 heteroatoms. The van der Waals surface area contributed by atoms with E-state index in [9.17, 15) is 9.59 Å². The summed E-state index contributed by atoms with van der Waals surface area (Å²) >= 11 is 0. The molecule has 9 atom stereocenters. The molecule has 3 saturated carbocycles. The van der Waals surface area contributed by atoms with Gasteiger partial charge in [0.2, 0.25) is 5.91 Å². The molecule has 1 aromatic rings. The van der Waals surface area contributed by atoms with E-state index in [2.05, 4.69) is 19.2 Å². The highest BCUT2D eigenvalue weighted by atomic mass is 16.7. The topological polar surface area (TPSA) is 83.1 Å². The van der Waals surface area contributed by atoms with Crippen molar-refractivity contribution < 1.29 is 28.5 Å². The predicted molar refractivity (Wildman–Crippen MR) is 143 cm³/mol. The second kappa shape index (κ2) is 11.3. The number of ether oxygens (including phenoxy) is 4. The normalized spacial score (nSPS) is 38.9. The summed E-state index contributed by atoms with van der Waals surface area (Å²) in [5.41, 5.74) is 0.674. The highest BCUT2D eigenvalue weighted by molar-refractivity contribution is 5.89. The molecule has 0 aromatic heterocycles. The standard InChI is InChI=1S/C31H45NO6/c1-20(38-29(34)21-8-6-5-7-9-21)23-10-11-24-27-25(13-15-30(23,24)2)31(3)14-12-22(18-26(31)32-28(27)33)37-19-36-17-16-35-4/h5-9,20,22-27H,10-19H2,1-4H3,(H,32,33)/t20-,22-,23-,24+,25+,26+,27+,30-,31-/m1/s1. The molecule has 4 fully saturated rings. The molecule has 4 aliphatic rings. The Hall–Kier alpha value is -1.96. The van der Waals surface area contributed by atoms with Gasteiger partial charge >= 0.3 is 5.97 Å². The molecule has 1 amide bonds. The first-order valence-corrected chi connectivity index (χ1v) is 14.5. The van der Waals surface area contributed by atoms with E-state index in [1.165, 1.54) is 0 Å². The third-order valence-electron chi connectivity index (χ3n) is 10.8. The molecule has 1 saturated heterocycles. The summed E-state index contributed by atoms with van der Waals surface area (Å²) in [4.78, 5) is 26.5. The Bertz CT molecular complexity index is 986. The highest BCUT2D eigenvalue weighted by Crippen LogP contribution is 2.65. The van der Waals surface area contributed by atoms with E-state index in [1.807, 2.05) is 25.1 Å². The predicted octanol–water partition coefficient (Wildman–Crippen LogP) is 4.98. The van der Waals surface area contributed by atoms with E-state index in [0.717, 1.165) is 44.9 Å². The van der Waals surface area contributed by atoms with Crippen LogP contribution < -0.4 is 5.32 Å². The maximum Gasteiger partial charge on any atom is 0.338 e. The molecular weight excluding hydrogens is 482 g/mol. The number of amides is 1. The van der Waals surface area contributed by atoms with Gasteiger partial charge in [-0.1, -0.05) is 32.0 Å². The molecule has 0 spiro atoms. The van der Waals surface area contributed by atoms with Gasteiger partial charge in [-0.15, -0.1) is 0 Å². The molecule has 0 bridgehead atoms. The van der Waals surface area contributed by atoms with Crippen LogP contribution in [0.25, 0.3) is 0 Å². The zero-order valence-corrected chi connectivity index (χ0v) is 23.4. The van der Waals surface area contributed by atoms with Gasteiger partial charge in [0.1, 0.15) is 12.9 Å². The summed E-state index contributed by atoms with van der Waals surface area (Å²) in [5.74, 6) is 0.977. The summed E-state index contributed by atoms with van der Waals surface area (Å²) < 4.78 is 22.5. The largest absolute Gasteiger partial charge is 0.459 e. The number of piperidine rings is 1. The fraction of sp³-hybridized carbons (Fsp3) is 0.742. The van der Waals surface area contributed by atoms with Gasteiger partial charge in [-0.2, -0.15) is 0 Å². The first-order valence-electron chi connectivity index (χ1n) is 14.5. The number of carbonyl (C=O) groups is 2. The van der Waals surface area contributed by atoms with Crippen LogP contribution in [0.2, 0.25) is 0 Å². The molecule has 210 valence electrons. The van der Waals surface area contributed by atoms with Gasteiger partial charge < -0.3 is 24.3 Å². The first kappa shape index (κ1) is 27.6. The molecule has 0 radical (unpaired) electrons. The lowest BCUT2D eigenvalue weighted by atomic mass is 9.48. The molecule has 0 unspecified atom stereocenters. The van der Waals surface area contributed by atoms with Crippen molar-refractivity contribution in [3.63, 3.8) is 0 Å². The fourth-order valence-electron chi connectivity index (χ4n) is 8.68. The van der Waals surface area contributed by atoms with Crippen molar-refractivity contribution in [2.75, 3.05) is 27.1 Å². The van der Waals surface area contributed by atoms with Gasteiger partial charge in [-0.05, 0) is 86.7 Å². The van der Waals surface area contributed by atoms with Crippen molar-refractivity contribution in [2.24, 2.45) is 34.5 Å². The van der Waals surface area contributed by atoms with Crippen molar-refractivity contribution in [3.8, 4) is 0 Å². The van der Waals surface area contributed by atoms with Crippen LogP contribution >= 0.6 is 0 Å². The smallest absolute Gasteiger partial charge is 0.338 e. The van der Waals surface area contributed by atoms with Crippen molar-refractivity contribution in [1.82, 2.24) is 5.32 Å². The molecule has 5 rings (SSSR count). The van der Waals surface area contributed by atoms with Crippen molar-refractivity contribution in [1.29, 1.82) is 0 Å². The summed E-state index contributed by atoms with van der Waals surface area (Å²) in [6.45, 7) is 8.16. The van der Waals surface area contributed by atoms with Crippen LogP contribution in [0.5, 0.6) is 0 Å². The van der Waals surface area contributed by atoms with E-state index < -0.39 is 0 Å². The number of hydrogen-bond donors (Lipinski definition) is 1. The summed E-state index contributed by atoms with van der Waals surface area (Å²) in [5, 5.41) is 3.46. The third kappa shape index (κ3) is 5.02. The van der Waals surface area contributed by atoms with E-state index in [4.69, 9.17) is 18.9 Å². The maximum atomic E-state index is 13.7. The zero-order chi connectivity index (χ0) is 26.9. The van der Waals surface area contributed by atoms with Gasteiger partial charge in [-0.25, -0.2) is 4.79 Å². The van der Waals surface area contributed by atoms with E-state index in [-0.39, 0.29) is 59.6 Å². The average Bonchev–Trinajstić information content (AvgIpc) is 3.27. The van der Waals surface area contributed by atoms with Crippen molar-refractivity contribution in [3.05, 3.63) is 35.9 Å². The van der Waals surface area contributed by atoms with Gasteiger partial charge in [0.15, 0.2) is 0 Å². The monoisotopic (exact) mass is 527 g/mol. The summed E-state index contributed by atoms with van der Waals surface area (Å²) in [6.07, 6.45) is 6.99. The Kier molecular flexibility index (Phi) is 8.18. The van der Waals surface area contributed by atoms with E-state index in [0.29, 0.717) is 30.6 Å². The zero-order valence-electron chi connectivity index (χ0n) is 23.4. The van der Waals surface area contributed by atoms with Gasteiger partial charge in [0.05, 0.1) is 24.9 Å². The lowest BCUT2D eigenvalue weighted by Crippen LogP contribution is -2.66. The lowest BCUT2D eigenvalue weighted by molar-refractivity contribution is -0.167. The Morgan fingerprint density at radius 3 is 2.53 bits per heavy atom. The minimum Gasteiger partial charge on any atom is -0.459 e. The van der Waals surface area contributed by atoms with Gasteiger partial charge in [-0.3, -0.25) is 4.79 Å². The van der Waals surface area contributed by atoms with Crippen molar-refractivity contribution in [2.45, 2.75) is 84.0 Å². The second-order valence-corrected chi connectivity index (χ2v) is 12.6. The van der Waals surface area contributed by atoms with Crippen LogP contribution in [0.15, 0.2) is 30.3 Å². The average molecular weight is 528 g/mol. The number of nitrogens with one attached hydrogen (secondary N) is 1. The number of carbonyl (C=O) groups excluding carboxylic acids is 2. The van der Waals surface area contributed by atoms with Gasteiger partial charge in [0, 0.05) is 25.0 Å². The Morgan fingerprint density at radius 1 is 1.03 bits per heavy atom. The second-order valence-electron chi connectivity index (χ2n) is 12.6. The molecule has 38 heavy (non-hydrogen) atoms. The molecule has 1 aromatic carbocycles. The minimum atomic E-state index is -0.257. The van der Waals surface area contributed by atoms with Crippen LogP contribution in [-0.4, -0.2) is 57.2 Å². The number of benzene rings is 1. The molecule has 7 nitrogen and oxygen atoms in total. The van der Waals surface area contributed by atoms with Crippen LogP contribution in [0, 0.1) is 34.5 Å². The van der Waals surface area contributed by atoms with Crippen molar-refractivity contribution >= 4 is 11.9 Å². The molecule has 1 aliphatic heterocycles. The number of rotatable bonds is 9. The number of esters is 1.